The summed E-state index contributed by atoms with van der Waals surface area (Å²) in [7, 11) is 0. The van der Waals surface area contributed by atoms with E-state index >= 15 is 0 Å². The molecule has 0 bridgehead atoms. The maximum absolute atomic E-state index is 13.0. The molecule has 2 aliphatic rings. The largest absolute Gasteiger partial charge is 0.348 e. The van der Waals surface area contributed by atoms with E-state index in [0.717, 1.165) is 55.3 Å². The number of nitrogens with one attached hydrogen (secondary N) is 2. The van der Waals surface area contributed by atoms with Crippen molar-refractivity contribution < 1.29 is 4.79 Å². The number of aromatic amines is 1. The smallest absolute Gasteiger partial charge is 0.246 e. The fourth-order valence-corrected chi connectivity index (χ4v) is 3.40. The van der Waals surface area contributed by atoms with E-state index in [9.17, 15) is 4.79 Å². The number of aryl methyl sites for hydroxylation is 2. The van der Waals surface area contributed by atoms with Crippen LogP contribution >= 0.6 is 0 Å². The second kappa shape index (κ2) is 5.24. The number of fused-ring (bicyclic) bond motifs is 2. The minimum atomic E-state index is -0.328. The molecule has 1 atom stereocenters. The maximum atomic E-state index is 13.0. The van der Waals surface area contributed by atoms with Crippen LogP contribution in [0.5, 0.6) is 0 Å². The molecule has 0 saturated carbocycles. The van der Waals surface area contributed by atoms with Crippen LogP contribution in [0.4, 0.5) is 0 Å². The average molecular weight is 300 g/mol. The summed E-state index contributed by atoms with van der Waals surface area (Å²) in [5, 5.41) is 7.80. The van der Waals surface area contributed by atoms with E-state index in [2.05, 4.69) is 26.4 Å². The minimum Gasteiger partial charge on any atom is -0.348 e. The first-order valence-corrected chi connectivity index (χ1v) is 7.80. The fourth-order valence-electron chi connectivity index (χ4n) is 3.40. The highest BCUT2D eigenvalue weighted by molar-refractivity contribution is 5.83. The lowest BCUT2D eigenvalue weighted by Crippen LogP contribution is -2.43. The van der Waals surface area contributed by atoms with Gasteiger partial charge in [0.1, 0.15) is 6.04 Å². The van der Waals surface area contributed by atoms with Crippen molar-refractivity contribution in [2.75, 3.05) is 13.1 Å². The Bertz CT molecular complexity index is 703. The van der Waals surface area contributed by atoms with Gasteiger partial charge in [-0.15, -0.1) is 0 Å². The van der Waals surface area contributed by atoms with Crippen LogP contribution in [0.3, 0.4) is 0 Å². The molecule has 0 aromatic carbocycles. The molecule has 22 heavy (non-hydrogen) atoms. The standard InChI is InChI=1S/C15H20N6O/c1-10-7-11-8-20(5-2-6-21(11)19-10)15(22)14-13-12(3-4-16-14)17-9-18-13/h7,9,14,16H,2-6,8H2,1H3,(H,17,18)/t14-/m1/s1. The van der Waals surface area contributed by atoms with E-state index in [4.69, 9.17) is 0 Å². The summed E-state index contributed by atoms with van der Waals surface area (Å²) in [4.78, 5) is 22.4. The van der Waals surface area contributed by atoms with E-state index in [1.807, 2.05) is 16.5 Å². The van der Waals surface area contributed by atoms with Crippen molar-refractivity contribution in [1.29, 1.82) is 0 Å². The lowest BCUT2D eigenvalue weighted by molar-refractivity contribution is -0.134. The van der Waals surface area contributed by atoms with Crippen LogP contribution in [0.1, 0.15) is 35.2 Å². The minimum absolute atomic E-state index is 0.111. The Morgan fingerprint density at radius 1 is 1.41 bits per heavy atom. The molecule has 0 spiro atoms. The summed E-state index contributed by atoms with van der Waals surface area (Å²) in [5.41, 5.74) is 4.05. The molecule has 0 saturated heterocycles. The van der Waals surface area contributed by atoms with E-state index in [-0.39, 0.29) is 11.9 Å². The van der Waals surface area contributed by atoms with Gasteiger partial charge in [-0.1, -0.05) is 0 Å². The molecule has 2 aliphatic heterocycles. The number of hydrogen-bond donors (Lipinski definition) is 2. The monoisotopic (exact) mass is 300 g/mol. The van der Waals surface area contributed by atoms with Crippen LogP contribution in [0.2, 0.25) is 0 Å². The van der Waals surface area contributed by atoms with E-state index in [0.29, 0.717) is 6.54 Å². The van der Waals surface area contributed by atoms with Gasteiger partial charge in [0.25, 0.3) is 0 Å². The zero-order valence-corrected chi connectivity index (χ0v) is 12.7. The molecule has 4 heterocycles. The highest BCUT2D eigenvalue weighted by atomic mass is 16.2. The molecule has 2 aromatic heterocycles. The average Bonchev–Trinajstić information content (AvgIpc) is 3.07. The number of H-pyrrole nitrogens is 1. The van der Waals surface area contributed by atoms with E-state index in [1.54, 1.807) is 6.33 Å². The number of imidazole rings is 1. The number of rotatable bonds is 1. The van der Waals surface area contributed by atoms with Crippen LogP contribution in [-0.4, -0.2) is 43.6 Å². The Kier molecular flexibility index (Phi) is 3.22. The third-order valence-electron chi connectivity index (χ3n) is 4.44. The second-order valence-corrected chi connectivity index (χ2v) is 6.02. The van der Waals surface area contributed by atoms with Gasteiger partial charge in [-0.3, -0.25) is 9.48 Å². The zero-order valence-electron chi connectivity index (χ0n) is 12.7. The number of aromatic nitrogens is 4. The Balaban J connectivity index is 1.59. The van der Waals surface area contributed by atoms with Crippen LogP contribution < -0.4 is 5.32 Å². The predicted molar refractivity (Wildman–Crippen MR) is 80.0 cm³/mol. The molecule has 0 aliphatic carbocycles. The van der Waals surface area contributed by atoms with Gasteiger partial charge in [-0.2, -0.15) is 5.10 Å². The molecule has 116 valence electrons. The molecule has 0 fully saturated rings. The fraction of sp³-hybridized carbons (Fsp3) is 0.533. The number of carbonyl (C=O) groups is 1. The molecule has 2 N–H and O–H groups in total. The van der Waals surface area contributed by atoms with Crippen LogP contribution in [0.25, 0.3) is 0 Å². The van der Waals surface area contributed by atoms with E-state index in [1.165, 1.54) is 0 Å². The second-order valence-electron chi connectivity index (χ2n) is 6.02. The van der Waals surface area contributed by atoms with Gasteiger partial charge in [0.2, 0.25) is 5.91 Å². The van der Waals surface area contributed by atoms with Crippen LogP contribution in [0, 0.1) is 6.92 Å². The first-order chi connectivity index (χ1) is 10.7. The van der Waals surface area contributed by atoms with E-state index < -0.39 is 0 Å². The Morgan fingerprint density at radius 3 is 3.23 bits per heavy atom. The Hall–Kier alpha value is -2.15. The zero-order chi connectivity index (χ0) is 15.1. The predicted octanol–water partition coefficient (Wildman–Crippen LogP) is 0.534. The van der Waals surface area contributed by atoms with Crippen LogP contribution in [-0.2, 0) is 24.3 Å². The third kappa shape index (κ3) is 2.21. The maximum Gasteiger partial charge on any atom is 0.246 e. The van der Waals surface area contributed by atoms with Crippen molar-refractivity contribution >= 4 is 5.91 Å². The molecule has 0 unspecified atom stereocenters. The molecule has 0 radical (unpaired) electrons. The first-order valence-electron chi connectivity index (χ1n) is 7.80. The van der Waals surface area contributed by atoms with Crippen molar-refractivity contribution in [3.63, 3.8) is 0 Å². The van der Waals surface area contributed by atoms with Gasteiger partial charge in [0, 0.05) is 31.7 Å². The lowest BCUT2D eigenvalue weighted by atomic mass is 10.0. The summed E-state index contributed by atoms with van der Waals surface area (Å²) in [5.74, 6) is 0.111. The highest BCUT2D eigenvalue weighted by Gasteiger charge is 2.32. The summed E-state index contributed by atoms with van der Waals surface area (Å²) in [6, 6.07) is 1.74. The van der Waals surface area contributed by atoms with Crippen molar-refractivity contribution in [2.45, 2.75) is 38.9 Å². The van der Waals surface area contributed by atoms with Gasteiger partial charge in [-0.25, -0.2) is 4.98 Å². The third-order valence-corrected chi connectivity index (χ3v) is 4.44. The Morgan fingerprint density at radius 2 is 2.32 bits per heavy atom. The highest BCUT2D eigenvalue weighted by Crippen LogP contribution is 2.23. The molecule has 4 rings (SSSR count). The lowest BCUT2D eigenvalue weighted by Gasteiger charge is -2.28. The Labute approximate surface area is 128 Å². The quantitative estimate of drug-likeness (QED) is 0.805. The normalized spacial score (nSPS) is 21.1. The molecule has 7 heteroatoms. The number of nitrogens with zero attached hydrogens (tertiary/aromatic N) is 4. The molecule has 7 nitrogen and oxygen atoms in total. The van der Waals surface area contributed by atoms with Gasteiger partial charge < -0.3 is 15.2 Å². The van der Waals surface area contributed by atoms with Crippen molar-refractivity contribution in [3.8, 4) is 0 Å². The summed E-state index contributed by atoms with van der Waals surface area (Å²) in [6.07, 6.45) is 3.50. The van der Waals surface area contributed by atoms with Gasteiger partial charge in [0.05, 0.1) is 30.0 Å². The molecular weight excluding hydrogens is 280 g/mol. The van der Waals surface area contributed by atoms with Gasteiger partial charge >= 0.3 is 0 Å². The number of carbonyl (C=O) groups excluding carboxylic acids is 1. The SMILES string of the molecule is Cc1cc2n(n1)CCCN(C(=O)[C@@H]1NCCc3[nH]cnc31)C2. The summed E-state index contributed by atoms with van der Waals surface area (Å²) < 4.78 is 2.02. The molecule has 2 aromatic rings. The van der Waals surface area contributed by atoms with Crippen molar-refractivity contribution in [3.05, 3.63) is 35.2 Å². The first kappa shape index (κ1) is 13.5. The van der Waals surface area contributed by atoms with Gasteiger partial charge in [-0.05, 0) is 19.4 Å². The van der Waals surface area contributed by atoms with Crippen molar-refractivity contribution in [1.82, 2.24) is 30.0 Å². The topological polar surface area (TPSA) is 78.8 Å². The van der Waals surface area contributed by atoms with Gasteiger partial charge in [0.15, 0.2) is 0 Å². The summed E-state index contributed by atoms with van der Waals surface area (Å²) >= 11 is 0. The molecule has 1 amide bonds. The van der Waals surface area contributed by atoms with Crippen molar-refractivity contribution in [2.24, 2.45) is 0 Å². The van der Waals surface area contributed by atoms with Crippen LogP contribution in [0.15, 0.2) is 12.4 Å². The summed E-state index contributed by atoms with van der Waals surface area (Å²) in [6.45, 7) is 5.05. The number of amides is 1. The number of hydrogen-bond acceptors (Lipinski definition) is 4. The molecular formula is C15H20N6O.